The van der Waals surface area contributed by atoms with Gasteiger partial charge in [0.1, 0.15) is 0 Å². The third kappa shape index (κ3) is 13.3. The normalized spacial score (nSPS) is 13.6. The first-order valence-corrected chi connectivity index (χ1v) is 59.7. The van der Waals surface area contributed by atoms with Gasteiger partial charge in [-0.3, -0.25) is 0 Å². The average Bonchev–Trinajstić information content (AvgIpc) is 3.25. The predicted octanol–water partition coefficient (Wildman–Crippen LogP) is 0.858. The van der Waals surface area contributed by atoms with Gasteiger partial charge < -0.3 is 37.2 Å². The van der Waals surface area contributed by atoms with Crippen LogP contribution >= 0.6 is 0 Å². The molecular formula is C57H105Cl3Si10Ti. The van der Waals surface area contributed by atoms with Gasteiger partial charge in [-0.05, 0) is 36.3 Å². The van der Waals surface area contributed by atoms with Crippen molar-refractivity contribution in [3.63, 3.8) is 0 Å². The Balaban J connectivity index is 0.0000122. The van der Waals surface area contributed by atoms with Gasteiger partial charge >= 0.3 is 21.7 Å². The second-order valence-electron chi connectivity index (χ2n) is 31.0. The summed E-state index contributed by atoms with van der Waals surface area (Å²) in [5.41, 5.74) is 11.1. The fourth-order valence-corrected chi connectivity index (χ4v) is 55.9. The van der Waals surface area contributed by atoms with Crippen molar-refractivity contribution >= 4 is 148 Å². The van der Waals surface area contributed by atoms with E-state index in [2.05, 4.69) is 243 Å². The van der Waals surface area contributed by atoms with Gasteiger partial charge in [-0.2, -0.15) is 27.4 Å². The fraction of sp³-hybridized carbons (Fsp3) is 0.596. The van der Waals surface area contributed by atoms with Crippen LogP contribution in [0.2, 0.25) is 177 Å². The summed E-state index contributed by atoms with van der Waals surface area (Å²) in [7, 11) is -20.9. The number of halogens is 3. The first-order valence-electron chi connectivity index (χ1n) is 26.2. The molecule has 0 aliphatic rings. The first kappa shape index (κ1) is 71.8. The van der Waals surface area contributed by atoms with Crippen molar-refractivity contribution in [2.24, 2.45) is 0 Å². The molecular weight excluding hydrogens is 1120 g/mol. The molecule has 0 nitrogen and oxygen atoms in total. The van der Waals surface area contributed by atoms with Gasteiger partial charge in [0.2, 0.25) is 0 Å². The van der Waals surface area contributed by atoms with Crippen LogP contribution < -0.4 is 105 Å². The summed E-state index contributed by atoms with van der Waals surface area (Å²) in [4.78, 5) is 0. The van der Waals surface area contributed by atoms with Crippen LogP contribution in [-0.2, 0) is 21.7 Å². The number of rotatable bonds is 13. The summed E-state index contributed by atoms with van der Waals surface area (Å²) in [5, 5.41) is 23.9. The Morgan fingerprint density at radius 2 is 0.465 bits per heavy atom. The maximum atomic E-state index is 2.97. The molecule has 4 aromatic rings. The van der Waals surface area contributed by atoms with Gasteiger partial charge in [0.25, 0.3) is 0 Å². The molecule has 4 aromatic carbocycles. The van der Waals surface area contributed by atoms with Crippen molar-refractivity contribution in [2.45, 2.75) is 225 Å². The van der Waals surface area contributed by atoms with Crippen molar-refractivity contribution in [3.05, 3.63) is 57.1 Å². The van der Waals surface area contributed by atoms with Crippen molar-refractivity contribution in [1.29, 1.82) is 0 Å². The molecule has 0 unspecified atom stereocenters. The fourth-order valence-electron chi connectivity index (χ4n) is 13.4. The number of hydrogen-bond acceptors (Lipinski definition) is 0. The Bertz CT molecular complexity index is 2330. The molecule has 0 radical (unpaired) electrons. The second-order valence-corrected chi connectivity index (χ2v) is 79.6. The minimum absolute atomic E-state index is 0. The van der Waals surface area contributed by atoms with Crippen LogP contribution in [0.15, 0.2) is 18.2 Å². The average molecular weight is 1230 g/mol. The summed E-state index contributed by atoms with van der Waals surface area (Å²) in [6, 6.07) is 8.92. The van der Waals surface area contributed by atoms with E-state index in [0.29, 0.717) is 0 Å². The van der Waals surface area contributed by atoms with Gasteiger partial charge in [0, 0.05) is 0 Å². The Morgan fingerprint density at radius 1 is 0.282 bits per heavy atom. The first-order chi connectivity index (χ1) is 29.4. The third-order valence-electron chi connectivity index (χ3n) is 15.3. The van der Waals surface area contributed by atoms with Crippen LogP contribution in [0.3, 0.4) is 0 Å². The van der Waals surface area contributed by atoms with E-state index in [-0.39, 0.29) is 58.9 Å². The molecule has 4 rings (SSSR count). The van der Waals surface area contributed by atoms with Crippen LogP contribution in [0.25, 0.3) is 0 Å². The van der Waals surface area contributed by atoms with Crippen LogP contribution in [0.5, 0.6) is 0 Å². The Morgan fingerprint density at radius 3 is 0.606 bits per heavy atom. The molecule has 0 saturated heterocycles. The molecule has 0 fully saturated rings. The zero-order valence-corrected chi connectivity index (χ0v) is 66.2. The Hall–Kier alpha value is 0.763. The van der Waals surface area contributed by atoms with E-state index in [4.69, 9.17) is 0 Å². The van der Waals surface area contributed by atoms with E-state index in [1.54, 1.807) is 48.6 Å². The minimum atomic E-state index is -3.32. The van der Waals surface area contributed by atoms with Crippen molar-refractivity contribution in [2.75, 3.05) is 0 Å². The number of hydrogen-bond donors (Lipinski definition) is 0. The van der Waals surface area contributed by atoms with Crippen LogP contribution in [0, 0.1) is 48.5 Å². The molecule has 398 valence electrons. The Kier molecular flexibility index (Phi) is 22.7. The summed E-state index contributed by atoms with van der Waals surface area (Å²) in [6.07, 6.45) is 0. The number of benzene rings is 3. The SMILES string of the molecule is Cc1cc([Si](c2cc(C)c([Si](C)(C)C)c([Si](C)(C)C)c2[Si](C)(C)C)(c2cc(C)c([Si](C)(C)C)c([Si](C)(C)C)c2[Si](C)(C)C)c2c(C)c(C)c(C)[c-]2C)c([Si](C)(C)C)c([Si](C)(C)C)c1[Si](C)(C)C.[Cl-].[Cl-].[Cl-].[Ti+4]. The summed E-state index contributed by atoms with van der Waals surface area (Å²) in [6.45, 7) is 91.3. The molecule has 0 heterocycles. The van der Waals surface area contributed by atoms with E-state index in [1.165, 1.54) is 11.1 Å². The summed E-state index contributed by atoms with van der Waals surface area (Å²) >= 11 is 0. The molecule has 0 amide bonds. The molecule has 0 aromatic heterocycles. The van der Waals surface area contributed by atoms with Gasteiger partial charge in [0.15, 0.2) is 8.07 Å². The molecule has 14 heteroatoms. The van der Waals surface area contributed by atoms with Gasteiger partial charge in [-0.1, -0.05) is 286 Å². The third-order valence-corrected chi connectivity index (χ3v) is 41.2. The second kappa shape index (κ2) is 22.5. The maximum Gasteiger partial charge on any atom is 4.00 e. The summed E-state index contributed by atoms with van der Waals surface area (Å²) in [5.74, 6) is 0. The molecule has 0 aliphatic carbocycles. The largest absolute Gasteiger partial charge is 4.00 e. The molecule has 0 spiro atoms. The predicted molar refractivity (Wildman–Crippen MR) is 346 cm³/mol. The smallest absolute Gasteiger partial charge is 1.00 e. The molecule has 0 bridgehead atoms. The van der Waals surface area contributed by atoms with Crippen molar-refractivity contribution in [3.8, 4) is 0 Å². The van der Waals surface area contributed by atoms with Crippen molar-refractivity contribution < 1.29 is 58.9 Å². The monoisotopic (exact) mass is 1220 g/mol. The maximum absolute atomic E-state index is 3.32. The van der Waals surface area contributed by atoms with Gasteiger partial charge in [-0.25, -0.2) is 0 Å². The van der Waals surface area contributed by atoms with Crippen LogP contribution in [0.4, 0.5) is 0 Å². The molecule has 0 atom stereocenters. The van der Waals surface area contributed by atoms with E-state index in [1.807, 2.05) is 46.7 Å². The summed E-state index contributed by atoms with van der Waals surface area (Å²) < 4.78 is 0. The van der Waals surface area contributed by atoms with E-state index in [9.17, 15) is 0 Å². The van der Waals surface area contributed by atoms with Crippen molar-refractivity contribution in [1.82, 2.24) is 0 Å². The van der Waals surface area contributed by atoms with Crippen LogP contribution in [-0.4, -0.2) is 80.7 Å². The quantitative estimate of drug-likeness (QED) is 0.106. The van der Waals surface area contributed by atoms with Gasteiger partial charge in [-0.15, -0.1) is 0 Å². The zero-order valence-electron chi connectivity index (χ0n) is 52.4. The van der Waals surface area contributed by atoms with E-state index in [0.717, 1.165) is 0 Å². The minimum Gasteiger partial charge on any atom is -1.00 e. The molecule has 0 saturated carbocycles. The number of aryl methyl sites for hydroxylation is 3. The topological polar surface area (TPSA) is 0 Å². The van der Waals surface area contributed by atoms with E-state index < -0.39 is 80.7 Å². The molecule has 71 heavy (non-hydrogen) atoms. The standard InChI is InChI=1S/C57H105Si10.3ClH.Ti/c1-38-35-45(52(61(17,18)19)55(64(26,27)28)48(38)58(8,9)10)67(51-43(6)41(4)42(5)44(51)7,46-36-39(2)49(59(11,12)13)56(65(29,30)31)53(46)62(20,21)22)47-37-40(3)50(60(14,15)16)57(66(32,33)34)54(47)63(23,24)25;;;;/h35-37H,1-34H3;3*1H;/q-1;;;;+4/p-3. The zero-order chi connectivity index (χ0) is 52.7. The van der Waals surface area contributed by atoms with E-state index >= 15 is 0 Å². The molecule has 0 aliphatic heterocycles. The molecule has 0 N–H and O–H groups in total. The van der Waals surface area contributed by atoms with Crippen LogP contribution in [0.1, 0.15) is 38.9 Å². The Labute approximate surface area is 484 Å². The van der Waals surface area contributed by atoms with Gasteiger partial charge in [0.05, 0.1) is 72.7 Å².